The number of likely N-dealkylation sites (N-methyl/N-ethyl adjacent to an activating group) is 2. The summed E-state index contributed by atoms with van der Waals surface area (Å²) < 4.78 is 10.1. The van der Waals surface area contributed by atoms with Crippen LogP contribution in [0.4, 0.5) is 4.79 Å². The molecule has 0 aliphatic carbocycles. The van der Waals surface area contributed by atoms with Crippen LogP contribution >= 0.6 is 0 Å². The van der Waals surface area contributed by atoms with Crippen molar-refractivity contribution >= 4 is 23.9 Å². The first-order valence-electron chi connectivity index (χ1n) is 10.7. The Labute approximate surface area is 195 Å². The Bertz CT molecular complexity index is 834. The lowest BCUT2D eigenvalue weighted by atomic mass is 10.0. The Hall–Kier alpha value is -3.36. The molecule has 1 rings (SSSR count). The Morgan fingerprint density at radius 3 is 2.24 bits per heavy atom. The van der Waals surface area contributed by atoms with E-state index in [1.165, 1.54) is 36.9 Å². The number of carbonyl (C=O) groups is 4. The number of amides is 3. The third-order valence-electron chi connectivity index (χ3n) is 4.58. The van der Waals surface area contributed by atoms with Crippen molar-refractivity contribution in [3.63, 3.8) is 0 Å². The highest BCUT2D eigenvalue weighted by atomic mass is 16.6. The third kappa shape index (κ3) is 9.76. The molecule has 0 radical (unpaired) electrons. The van der Waals surface area contributed by atoms with Crippen molar-refractivity contribution in [1.82, 2.24) is 15.1 Å². The molecule has 0 fully saturated rings. The van der Waals surface area contributed by atoms with Gasteiger partial charge in [0.25, 0.3) is 0 Å². The SMILES string of the molecule is C=CCOC(=O)CN(C)C(=O)[C@@H](Cc1ccccc1)N(C)C(=O)[C@H](C)NC(=O)OC(C)(C)C. The minimum absolute atomic E-state index is 0.0422. The van der Waals surface area contributed by atoms with Crippen LogP contribution in [-0.2, 0) is 30.3 Å². The van der Waals surface area contributed by atoms with Crippen LogP contribution in [0.1, 0.15) is 33.3 Å². The van der Waals surface area contributed by atoms with Gasteiger partial charge in [0.1, 0.15) is 30.8 Å². The topological polar surface area (TPSA) is 105 Å². The summed E-state index contributed by atoms with van der Waals surface area (Å²) >= 11 is 0. The molecule has 0 aliphatic heterocycles. The molecule has 0 saturated heterocycles. The maximum atomic E-state index is 13.2. The number of nitrogens with zero attached hydrogens (tertiary/aromatic N) is 2. The number of benzene rings is 1. The van der Waals surface area contributed by atoms with Gasteiger partial charge in [0.2, 0.25) is 11.8 Å². The van der Waals surface area contributed by atoms with Gasteiger partial charge in [-0.15, -0.1) is 0 Å². The standard InChI is InChI=1S/C24H35N3O6/c1-8-14-32-20(28)16-26(6)22(30)19(15-18-12-10-9-11-13-18)27(7)21(29)17(2)25-23(31)33-24(3,4)5/h8-13,17,19H,1,14-16H2,2-7H3,(H,25,31)/t17-,19+/m0/s1. The van der Waals surface area contributed by atoms with Gasteiger partial charge in [0.05, 0.1) is 0 Å². The van der Waals surface area contributed by atoms with Crippen LogP contribution in [0.25, 0.3) is 0 Å². The normalized spacial score (nSPS) is 12.7. The van der Waals surface area contributed by atoms with Gasteiger partial charge in [-0.25, -0.2) is 4.79 Å². The first kappa shape index (κ1) is 27.7. The van der Waals surface area contributed by atoms with Gasteiger partial charge in [-0.2, -0.15) is 0 Å². The maximum absolute atomic E-state index is 13.2. The lowest BCUT2D eigenvalue weighted by Gasteiger charge is -2.32. The molecule has 0 saturated carbocycles. The van der Waals surface area contributed by atoms with Gasteiger partial charge >= 0.3 is 12.1 Å². The summed E-state index contributed by atoms with van der Waals surface area (Å²) in [5, 5.41) is 2.50. The van der Waals surface area contributed by atoms with Crippen LogP contribution in [-0.4, -0.2) is 78.6 Å². The molecule has 9 nitrogen and oxygen atoms in total. The van der Waals surface area contributed by atoms with E-state index in [0.717, 1.165) is 5.56 Å². The highest BCUT2D eigenvalue weighted by molar-refractivity contribution is 5.92. The minimum Gasteiger partial charge on any atom is -0.460 e. The Morgan fingerprint density at radius 1 is 1.09 bits per heavy atom. The van der Waals surface area contributed by atoms with Crippen molar-refractivity contribution in [2.45, 2.75) is 51.8 Å². The Balaban J connectivity index is 3.00. The quantitative estimate of drug-likeness (QED) is 0.423. The first-order chi connectivity index (χ1) is 15.4. The molecule has 0 aliphatic rings. The zero-order valence-electron chi connectivity index (χ0n) is 20.3. The summed E-state index contributed by atoms with van der Waals surface area (Å²) in [6, 6.07) is 7.38. The molecular weight excluding hydrogens is 426 g/mol. The highest BCUT2D eigenvalue weighted by Crippen LogP contribution is 2.13. The van der Waals surface area contributed by atoms with E-state index in [1.54, 1.807) is 20.8 Å². The molecule has 1 aromatic carbocycles. The van der Waals surface area contributed by atoms with Crippen LogP contribution in [0.5, 0.6) is 0 Å². The van der Waals surface area contributed by atoms with E-state index in [9.17, 15) is 19.2 Å². The fourth-order valence-corrected chi connectivity index (χ4v) is 2.96. The summed E-state index contributed by atoms with van der Waals surface area (Å²) in [4.78, 5) is 52.8. The molecule has 182 valence electrons. The second-order valence-corrected chi connectivity index (χ2v) is 8.69. The molecule has 0 aromatic heterocycles. The van der Waals surface area contributed by atoms with E-state index in [1.807, 2.05) is 30.3 Å². The molecule has 1 aromatic rings. The number of ether oxygens (including phenoxy) is 2. The van der Waals surface area contributed by atoms with Crippen molar-refractivity contribution in [3.05, 3.63) is 48.6 Å². The summed E-state index contributed by atoms with van der Waals surface area (Å²) in [6.45, 7) is 9.92. The molecule has 0 unspecified atom stereocenters. The molecule has 0 bridgehead atoms. The van der Waals surface area contributed by atoms with E-state index in [4.69, 9.17) is 9.47 Å². The van der Waals surface area contributed by atoms with Gasteiger partial charge in [0, 0.05) is 20.5 Å². The number of rotatable bonds is 10. The summed E-state index contributed by atoms with van der Waals surface area (Å²) in [5.74, 6) is -1.49. The lowest BCUT2D eigenvalue weighted by Crippen LogP contribution is -2.55. The zero-order chi connectivity index (χ0) is 25.2. The average molecular weight is 462 g/mol. The first-order valence-corrected chi connectivity index (χ1v) is 10.7. The molecule has 2 atom stereocenters. The van der Waals surface area contributed by atoms with Crippen molar-refractivity contribution in [1.29, 1.82) is 0 Å². The van der Waals surface area contributed by atoms with Crippen LogP contribution in [0.15, 0.2) is 43.0 Å². The zero-order valence-corrected chi connectivity index (χ0v) is 20.3. The minimum atomic E-state index is -0.932. The van der Waals surface area contributed by atoms with Crippen LogP contribution < -0.4 is 5.32 Å². The third-order valence-corrected chi connectivity index (χ3v) is 4.58. The lowest BCUT2D eigenvalue weighted by molar-refractivity contribution is -0.151. The molecule has 0 heterocycles. The molecule has 0 spiro atoms. The number of nitrogens with one attached hydrogen (secondary N) is 1. The van der Waals surface area contributed by atoms with Gasteiger partial charge < -0.3 is 24.6 Å². The van der Waals surface area contributed by atoms with Crippen LogP contribution in [0.3, 0.4) is 0 Å². The fraction of sp³-hybridized carbons (Fsp3) is 0.500. The summed E-state index contributed by atoms with van der Waals surface area (Å²) in [6.07, 6.45) is 0.932. The van der Waals surface area contributed by atoms with Gasteiger partial charge in [0.15, 0.2) is 0 Å². The van der Waals surface area contributed by atoms with E-state index in [0.29, 0.717) is 0 Å². The second kappa shape index (κ2) is 12.6. The fourth-order valence-electron chi connectivity index (χ4n) is 2.96. The maximum Gasteiger partial charge on any atom is 0.408 e. The molecule has 1 N–H and O–H groups in total. The molecular formula is C24H35N3O6. The monoisotopic (exact) mass is 461 g/mol. The van der Waals surface area contributed by atoms with Gasteiger partial charge in [-0.3, -0.25) is 14.4 Å². The van der Waals surface area contributed by atoms with Crippen LogP contribution in [0, 0.1) is 0 Å². The summed E-state index contributed by atoms with van der Waals surface area (Å²) in [7, 11) is 2.96. The summed E-state index contributed by atoms with van der Waals surface area (Å²) in [5.41, 5.74) is 0.124. The van der Waals surface area contributed by atoms with E-state index < -0.39 is 41.6 Å². The average Bonchev–Trinajstić information content (AvgIpc) is 2.73. The number of esters is 1. The molecule has 9 heteroatoms. The number of carbonyl (C=O) groups excluding carboxylic acids is 4. The van der Waals surface area contributed by atoms with Gasteiger partial charge in [-0.05, 0) is 33.3 Å². The number of alkyl carbamates (subject to hydrolysis) is 1. The second-order valence-electron chi connectivity index (χ2n) is 8.69. The Morgan fingerprint density at radius 2 is 1.70 bits per heavy atom. The number of hydrogen-bond acceptors (Lipinski definition) is 6. The van der Waals surface area contributed by atoms with Gasteiger partial charge in [-0.1, -0.05) is 43.0 Å². The Kier molecular flexibility index (Phi) is 10.6. The van der Waals surface area contributed by atoms with E-state index >= 15 is 0 Å². The smallest absolute Gasteiger partial charge is 0.408 e. The van der Waals surface area contributed by atoms with E-state index in [2.05, 4.69) is 11.9 Å². The molecule has 3 amide bonds. The van der Waals surface area contributed by atoms with E-state index in [-0.39, 0.29) is 19.6 Å². The van der Waals surface area contributed by atoms with Crippen molar-refractivity contribution in [2.24, 2.45) is 0 Å². The largest absolute Gasteiger partial charge is 0.460 e. The molecule has 33 heavy (non-hydrogen) atoms. The van der Waals surface area contributed by atoms with Crippen molar-refractivity contribution in [2.75, 3.05) is 27.2 Å². The van der Waals surface area contributed by atoms with Crippen molar-refractivity contribution < 1.29 is 28.7 Å². The van der Waals surface area contributed by atoms with Crippen molar-refractivity contribution in [3.8, 4) is 0 Å². The van der Waals surface area contributed by atoms with Crippen LogP contribution in [0.2, 0.25) is 0 Å². The highest BCUT2D eigenvalue weighted by Gasteiger charge is 2.33. The predicted octanol–water partition coefficient (Wildman–Crippen LogP) is 2.16. The predicted molar refractivity (Wildman–Crippen MR) is 124 cm³/mol. The number of hydrogen-bond donors (Lipinski definition) is 1.